The molecule has 0 aromatic heterocycles. The van der Waals surface area contributed by atoms with E-state index in [0.29, 0.717) is 24.1 Å². The van der Waals surface area contributed by atoms with Gasteiger partial charge in [-0.3, -0.25) is 4.90 Å². The quantitative estimate of drug-likeness (QED) is 0.781. The van der Waals surface area contributed by atoms with E-state index in [2.05, 4.69) is 4.90 Å². The first-order chi connectivity index (χ1) is 10.2. The summed E-state index contributed by atoms with van der Waals surface area (Å²) in [7, 11) is 1.80. The van der Waals surface area contributed by atoms with Crippen LogP contribution in [0, 0.1) is 0 Å². The summed E-state index contributed by atoms with van der Waals surface area (Å²) in [5.41, 5.74) is 6.65. The maximum Gasteiger partial charge on any atom is 0.119 e. The van der Waals surface area contributed by atoms with Crippen LogP contribution >= 0.6 is 12.2 Å². The molecule has 2 rings (SSSR count). The molecule has 1 aliphatic rings. The lowest BCUT2D eigenvalue weighted by Crippen LogP contribution is -2.38. The Kier molecular flexibility index (Phi) is 6.42. The Morgan fingerprint density at radius 3 is 2.52 bits per heavy atom. The minimum atomic E-state index is 0.434. The molecule has 1 aromatic rings. The molecule has 0 unspecified atom stereocenters. The van der Waals surface area contributed by atoms with Gasteiger partial charge in [-0.25, -0.2) is 0 Å². The monoisotopic (exact) mass is 308 g/mol. The smallest absolute Gasteiger partial charge is 0.119 e. The van der Waals surface area contributed by atoms with Crippen LogP contribution in [0.25, 0.3) is 0 Å². The molecule has 0 saturated carbocycles. The number of nitrogens with zero attached hydrogens (tertiary/aromatic N) is 1. The number of methoxy groups -OCH3 is 1. The van der Waals surface area contributed by atoms with E-state index >= 15 is 0 Å². The van der Waals surface area contributed by atoms with Crippen molar-refractivity contribution in [3.8, 4) is 5.75 Å². The molecule has 0 spiro atoms. The summed E-state index contributed by atoms with van der Waals surface area (Å²) in [5.74, 6) is 0.897. The minimum Gasteiger partial charge on any atom is -0.492 e. The zero-order valence-electron chi connectivity index (χ0n) is 12.6. The van der Waals surface area contributed by atoms with Crippen molar-refractivity contribution < 1.29 is 9.47 Å². The summed E-state index contributed by atoms with van der Waals surface area (Å²) in [6.07, 6.45) is 3.31. The highest BCUT2D eigenvalue weighted by atomic mass is 32.1. The van der Waals surface area contributed by atoms with Gasteiger partial charge in [0.05, 0.1) is 11.1 Å². The highest BCUT2D eigenvalue weighted by molar-refractivity contribution is 7.80. The molecule has 1 aliphatic heterocycles. The van der Waals surface area contributed by atoms with Gasteiger partial charge >= 0.3 is 0 Å². The van der Waals surface area contributed by atoms with Gasteiger partial charge in [0, 0.05) is 33.2 Å². The first-order valence-electron chi connectivity index (χ1n) is 7.42. The fraction of sp³-hybridized carbons (Fsp3) is 0.562. The van der Waals surface area contributed by atoms with Crippen LogP contribution in [0.3, 0.4) is 0 Å². The second-order valence-corrected chi connectivity index (χ2v) is 5.94. The molecule has 0 amide bonds. The van der Waals surface area contributed by atoms with Gasteiger partial charge in [-0.05, 0) is 30.5 Å². The number of thiocarbonyl (C=S) groups is 1. The number of rotatable bonds is 7. The molecule has 0 aliphatic carbocycles. The van der Waals surface area contributed by atoms with Gasteiger partial charge in [-0.2, -0.15) is 0 Å². The van der Waals surface area contributed by atoms with E-state index in [0.717, 1.165) is 43.8 Å². The molecule has 116 valence electrons. The molecule has 1 fully saturated rings. The van der Waals surface area contributed by atoms with Crippen molar-refractivity contribution in [3.05, 3.63) is 29.8 Å². The Bertz CT molecular complexity index is 442. The molecule has 4 nitrogen and oxygen atoms in total. The lowest BCUT2D eigenvalue weighted by molar-refractivity contribution is 0.0375. The van der Waals surface area contributed by atoms with Crippen molar-refractivity contribution in [3.63, 3.8) is 0 Å². The van der Waals surface area contributed by atoms with Crippen LogP contribution < -0.4 is 10.5 Å². The van der Waals surface area contributed by atoms with E-state index < -0.39 is 0 Å². The molecular formula is C16H24N2O2S. The number of benzene rings is 1. The van der Waals surface area contributed by atoms with Crippen molar-refractivity contribution in [2.24, 2.45) is 5.73 Å². The van der Waals surface area contributed by atoms with Crippen LogP contribution in [0.1, 0.15) is 18.4 Å². The molecule has 0 radical (unpaired) electrons. The largest absolute Gasteiger partial charge is 0.492 e. The summed E-state index contributed by atoms with van der Waals surface area (Å²) in [5, 5.41) is 0. The van der Waals surface area contributed by atoms with Gasteiger partial charge in [-0.15, -0.1) is 0 Å². The highest BCUT2D eigenvalue weighted by Gasteiger charge is 2.18. The minimum absolute atomic E-state index is 0.434. The van der Waals surface area contributed by atoms with E-state index in [1.54, 1.807) is 7.11 Å². The van der Waals surface area contributed by atoms with Gasteiger partial charge in [-0.1, -0.05) is 24.4 Å². The number of hydrogen-bond acceptors (Lipinski definition) is 4. The summed E-state index contributed by atoms with van der Waals surface area (Å²) < 4.78 is 11.2. The first-order valence-corrected chi connectivity index (χ1v) is 7.83. The van der Waals surface area contributed by atoms with Crippen molar-refractivity contribution in [1.29, 1.82) is 0 Å². The van der Waals surface area contributed by atoms with Crippen molar-refractivity contribution in [2.75, 3.05) is 33.4 Å². The molecule has 1 aromatic carbocycles. The van der Waals surface area contributed by atoms with Crippen LogP contribution in [-0.4, -0.2) is 49.3 Å². The van der Waals surface area contributed by atoms with Crippen LogP contribution in [0.2, 0.25) is 0 Å². The third kappa shape index (κ3) is 5.61. The predicted molar refractivity (Wildman–Crippen MR) is 88.9 cm³/mol. The third-order valence-corrected chi connectivity index (χ3v) is 3.99. The lowest BCUT2D eigenvalue weighted by atomic mass is 10.1. The van der Waals surface area contributed by atoms with Crippen LogP contribution in [0.4, 0.5) is 0 Å². The molecule has 1 heterocycles. The van der Waals surface area contributed by atoms with E-state index in [1.165, 1.54) is 0 Å². The molecule has 21 heavy (non-hydrogen) atoms. The zero-order valence-corrected chi connectivity index (χ0v) is 13.4. The van der Waals surface area contributed by atoms with Crippen LogP contribution in [0.5, 0.6) is 5.75 Å². The second kappa shape index (κ2) is 8.32. The predicted octanol–water partition coefficient (Wildman–Crippen LogP) is 2.00. The first kappa shape index (κ1) is 16.2. The Morgan fingerprint density at radius 1 is 1.29 bits per heavy atom. The lowest BCUT2D eigenvalue weighted by Gasteiger charge is -2.30. The van der Waals surface area contributed by atoms with Crippen LogP contribution in [-0.2, 0) is 11.2 Å². The molecule has 5 heteroatoms. The summed E-state index contributed by atoms with van der Waals surface area (Å²) in [4.78, 5) is 2.94. The normalized spacial score (nSPS) is 16.8. The van der Waals surface area contributed by atoms with Crippen molar-refractivity contribution in [2.45, 2.75) is 25.4 Å². The number of hydrogen-bond donors (Lipinski definition) is 1. The van der Waals surface area contributed by atoms with E-state index in [4.69, 9.17) is 27.4 Å². The number of likely N-dealkylation sites (tertiary alicyclic amines) is 1. The number of piperidine rings is 1. The van der Waals surface area contributed by atoms with Crippen molar-refractivity contribution in [1.82, 2.24) is 4.90 Å². The Labute approximate surface area is 132 Å². The molecule has 0 bridgehead atoms. The molecule has 0 atom stereocenters. The molecule has 1 saturated heterocycles. The third-order valence-electron chi connectivity index (χ3n) is 3.85. The molecular weight excluding hydrogens is 284 g/mol. The van der Waals surface area contributed by atoms with E-state index in [-0.39, 0.29) is 0 Å². The Balaban J connectivity index is 1.68. The molecule has 2 N–H and O–H groups in total. The SMILES string of the molecule is COC1CCN(CCOc2ccc(CC(N)=S)cc2)CC1. The topological polar surface area (TPSA) is 47.7 Å². The number of ether oxygens (including phenoxy) is 2. The summed E-state index contributed by atoms with van der Waals surface area (Å²) in [6.45, 7) is 3.86. The average molecular weight is 308 g/mol. The van der Waals surface area contributed by atoms with Gasteiger partial charge < -0.3 is 15.2 Å². The van der Waals surface area contributed by atoms with Gasteiger partial charge in [0.1, 0.15) is 12.4 Å². The fourth-order valence-electron chi connectivity index (χ4n) is 2.57. The average Bonchev–Trinajstić information content (AvgIpc) is 2.49. The zero-order chi connectivity index (χ0) is 15.1. The van der Waals surface area contributed by atoms with E-state index in [9.17, 15) is 0 Å². The van der Waals surface area contributed by atoms with E-state index in [1.807, 2.05) is 24.3 Å². The number of nitrogens with two attached hydrogens (primary N) is 1. The Hall–Kier alpha value is -1.17. The van der Waals surface area contributed by atoms with Gasteiger partial charge in [0.15, 0.2) is 0 Å². The summed E-state index contributed by atoms with van der Waals surface area (Å²) in [6, 6.07) is 7.98. The van der Waals surface area contributed by atoms with Crippen LogP contribution in [0.15, 0.2) is 24.3 Å². The maximum absolute atomic E-state index is 5.78. The summed E-state index contributed by atoms with van der Waals surface area (Å²) >= 11 is 4.90. The fourth-order valence-corrected chi connectivity index (χ4v) is 2.73. The standard InChI is InChI=1S/C16H24N2O2S/c1-19-14-6-8-18(9-7-14)10-11-20-15-4-2-13(3-5-15)12-16(17)21/h2-5,14H,6-12H2,1H3,(H2,17,21). The highest BCUT2D eigenvalue weighted by Crippen LogP contribution is 2.14. The van der Waals surface area contributed by atoms with Gasteiger partial charge in [0.2, 0.25) is 0 Å². The van der Waals surface area contributed by atoms with Gasteiger partial charge in [0.25, 0.3) is 0 Å². The second-order valence-electron chi connectivity index (χ2n) is 5.41. The maximum atomic E-state index is 5.78. The Morgan fingerprint density at radius 2 is 1.95 bits per heavy atom. The van der Waals surface area contributed by atoms with Crippen molar-refractivity contribution >= 4 is 17.2 Å².